The Kier molecular flexibility index (Phi) is 4.70. The van der Waals surface area contributed by atoms with Crippen LogP contribution < -0.4 is 5.56 Å². The number of thiophene rings is 1. The smallest absolute Gasteiger partial charge is 0.303 e. The fourth-order valence-electron chi connectivity index (χ4n) is 4.82. The number of hydrogen-bond donors (Lipinski definition) is 1. The summed E-state index contributed by atoms with van der Waals surface area (Å²) in [5, 5.41) is 9.99. The van der Waals surface area contributed by atoms with Crippen LogP contribution in [0.3, 0.4) is 0 Å². The number of fused-ring (bicyclic) bond motifs is 5. The molecule has 0 spiro atoms. The first-order chi connectivity index (χ1) is 14.5. The number of rotatable bonds is 4. The SMILES string of the molecule is O=C(O)CCC(=O)N1C[C@H]2C[C@H](C1)c1ccc(-c3cc4ccccc4s3)c(=O)n1C2. The number of hydrogen-bond acceptors (Lipinski definition) is 4. The van der Waals surface area contributed by atoms with Crippen molar-refractivity contribution in [1.82, 2.24) is 9.47 Å². The summed E-state index contributed by atoms with van der Waals surface area (Å²) in [6, 6.07) is 14.2. The maximum Gasteiger partial charge on any atom is 0.303 e. The van der Waals surface area contributed by atoms with Gasteiger partial charge in [0.15, 0.2) is 0 Å². The molecule has 3 aromatic rings. The number of likely N-dealkylation sites (tertiary alicyclic amines) is 1. The second-order valence-electron chi connectivity index (χ2n) is 8.23. The summed E-state index contributed by atoms with van der Waals surface area (Å²) in [5.74, 6) is -0.716. The summed E-state index contributed by atoms with van der Waals surface area (Å²) < 4.78 is 3.07. The van der Waals surface area contributed by atoms with Gasteiger partial charge in [0.1, 0.15) is 0 Å². The summed E-state index contributed by atoms with van der Waals surface area (Å²) in [5.41, 5.74) is 1.76. The number of carbonyl (C=O) groups is 2. The largest absolute Gasteiger partial charge is 0.481 e. The van der Waals surface area contributed by atoms with Gasteiger partial charge in [-0.25, -0.2) is 0 Å². The first kappa shape index (κ1) is 19.1. The van der Waals surface area contributed by atoms with Crippen molar-refractivity contribution in [2.45, 2.75) is 31.7 Å². The molecule has 0 saturated carbocycles. The van der Waals surface area contributed by atoms with Crippen molar-refractivity contribution in [3.63, 3.8) is 0 Å². The summed E-state index contributed by atoms with van der Waals surface area (Å²) in [7, 11) is 0. The van der Waals surface area contributed by atoms with E-state index in [-0.39, 0.29) is 36.1 Å². The molecule has 1 aromatic carbocycles. The molecule has 1 saturated heterocycles. The van der Waals surface area contributed by atoms with Gasteiger partial charge in [0.2, 0.25) is 5.91 Å². The van der Waals surface area contributed by atoms with Crippen LogP contribution in [0.2, 0.25) is 0 Å². The molecule has 5 rings (SSSR count). The van der Waals surface area contributed by atoms with E-state index in [1.165, 1.54) is 4.70 Å². The Labute approximate surface area is 177 Å². The molecule has 154 valence electrons. The van der Waals surface area contributed by atoms with Gasteiger partial charge in [-0.1, -0.05) is 18.2 Å². The Hall–Kier alpha value is -2.93. The lowest BCUT2D eigenvalue weighted by Crippen LogP contribution is -2.49. The molecule has 0 aliphatic carbocycles. The van der Waals surface area contributed by atoms with Crippen molar-refractivity contribution in [3.05, 3.63) is 58.5 Å². The highest BCUT2D eigenvalue weighted by Gasteiger charge is 2.36. The minimum Gasteiger partial charge on any atom is -0.481 e. The van der Waals surface area contributed by atoms with E-state index in [1.54, 1.807) is 16.2 Å². The van der Waals surface area contributed by atoms with Crippen LogP contribution in [0.4, 0.5) is 0 Å². The van der Waals surface area contributed by atoms with Crippen LogP contribution in [0, 0.1) is 5.92 Å². The van der Waals surface area contributed by atoms with Gasteiger partial charge in [-0.15, -0.1) is 11.3 Å². The highest BCUT2D eigenvalue weighted by molar-refractivity contribution is 7.22. The zero-order valence-corrected chi connectivity index (χ0v) is 17.2. The number of amides is 1. The highest BCUT2D eigenvalue weighted by atomic mass is 32.1. The Balaban J connectivity index is 1.44. The molecule has 2 aromatic heterocycles. The van der Waals surface area contributed by atoms with E-state index in [4.69, 9.17) is 5.11 Å². The van der Waals surface area contributed by atoms with E-state index in [0.29, 0.717) is 19.6 Å². The zero-order chi connectivity index (χ0) is 20.8. The van der Waals surface area contributed by atoms with Crippen LogP contribution in [-0.2, 0) is 16.1 Å². The minimum absolute atomic E-state index is 0.0342. The molecular weight excluding hydrogens is 400 g/mol. The van der Waals surface area contributed by atoms with E-state index in [1.807, 2.05) is 28.8 Å². The molecular formula is C23H22N2O4S. The van der Waals surface area contributed by atoms with Crippen LogP contribution in [0.25, 0.3) is 20.5 Å². The maximum absolute atomic E-state index is 13.3. The number of piperidine rings is 1. The lowest BCUT2D eigenvalue weighted by atomic mass is 9.82. The van der Waals surface area contributed by atoms with Crippen molar-refractivity contribution in [1.29, 1.82) is 0 Å². The molecule has 1 amide bonds. The predicted octanol–water partition coefficient (Wildman–Crippen LogP) is 3.54. The van der Waals surface area contributed by atoms with E-state index >= 15 is 0 Å². The van der Waals surface area contributed by atoms with Gasteiger partial charge < -0.3 is 14.6 Å². The van der Waals surface area contributed by atoms with Gasteiger partial charge in [0.05, 0.1) is 12.0 Å². The predicted molar refractivity (Wildman–Crippen MR) is 116 cm³/mol. The maximum atomic E-state index is 13.3. The van der Waals surface area contributed by atoms with Crippen molar-refractivity contribution in [3.8, 4) is 10.4 Å². The molecule has 2 bridgehead atoms. The van der Waals surface area contributed by atoms with Crippen LogP contribution >= 0.6 is 11.3 Å². The second kappa shape index (κ2) is 7.40. The van der Waals surface area contributed by atoms with Crippen LogP contribution in [0.1, 0.15) is 30.9 Å². The molecule has 6 nitrogen and oxygen atoms in total. The second-order valence-corrected chi connectivity index (χ2v) is 9.31. The lowest BCUT2D eigenvalue weighted by Gasteiger charge is -2.43. The molecule has 1 N–H and O–H groups in total. The number of aliphatic carboxylic acids is 1. The van der Waals surface area contributed by atoms with Crippen LogP contribution in [-0.4, -0.2) is 39.5 Å². The van der Waals surface area contributed by atoms with Gasteiger partial charge in [0.25, 0.3) is 5.56 Å². The van der Waals surface area contributed by atoms with Crippen molar-refractivity contribution in [2.75, 3.05) is 13.1 Å². The molecule has 30 heavy (non-hydrogen) atoms. The fourth-order valence-corrected chi connectivity index (χ4v) is 5.90. The number of pyridine rings is 1. The van der Waals surface area contributed by atoms with E-state index in [0.717, 1.165) is 27.9 Å². The monoisotopic (exact) mass is 422 g/mol. The Morgan fingerprint density at radius 2 is 1.90 bits per heavy atom. The molecule has 2 aliphatic heterocycles. The summed E-state index contributed by atoms with van der Waals surface area (Å²) >= 11 is 1.63. The topological polar surface area (TPSA) is 79.6 Å². The summed E-state index contributed by atoms with van der Waals surface area (Å²) in [4.78, 5) is 39.3. The molecule has 2 aliphatic rings. The zero-order valence-electron chi connectivity index (χ0n) is 16.4. The van der Waals surface area contributed by atoms with Gasteiger partial charge in [-0.05, 0) is 42.0 Å². The van der Waals surface area contributed by atoms with Crippen LogP contribution in [0.15, 0.2) is 47.3 Å². The Bertz CT molecular complexity index is 1180. The lowest BCUT2D eigenvalue weighted by molar-refractivity contribution is -0.141. The molecule has 1 fully saturated rings. The molecule has 7 heteroatoms. The minimum atomic E-state index is -0.953. The molecule has 4 heterocycles. The highest BCUT2D eigenvalue weighted by Crippen LogP contribution is 2.37. The normalized spacial score (nSPS) is 20.2. The van der Waals surface area contributed by atoms with E-state index in [9.17, 15) is 14.4 Å². The van der Waals surface area contributed by atoms with Crippen molar-refractivity contribution >= 4 is 33.3 Å². The van der Waals surface area contributed by atoms with E-state index < -0.39 is 5.97 Å². The fraction of sp³-hybridized carbons (Fsp3) is 0.348. The standard InChI is InChI=1S/C23H22N2O4S/c26-21(7-8-22(27)28)24-11-14-9-16(13-24)18-6-5-17(23(29)25(18)12-14)20-10-15-3-1-2-4-19(15)30-20/h1-6,10,14,16H,7-9,11-13H2,(H,27,28)/t14-,16-/m1/s1. The number of aromatic nitrogens is 1. The number of carbonyl (C=O) groups excluding carboxylic acids is 1. The first-order valence-electron chi connectivity index (χ1n) is 10.2. The van der Waals surface area contributed by atoms with Crippen molar-refractivity contribution < 1.29 is 14.7 Å². The molecule has 0 radical (unpaired) electrons. The van der Waals surface area contributed by atoms with Gasteiger partial charge in [-0.3, -0.25) is 14.4 Å². The number of nitrogens with zero attached hydrogens (tertiary/aromatic N) is 2. The third-order valence-electron chi connectivity index (χ3n) is 6.20. The quantitative estimate of drug-likeness (QED) is 0.697. The average molecular weight is 423 g/mol. The average Bonchev–Trinajstić information content (AvgIpc) is 3.16. The van der Waals surface area contributed by atoms with Gasteiger partial charge in [-0.2, -0.15) is 0 Å². The third-order valence-corrected chi connectivity index (χ3v) is 7.35. The Morgan fingerprint density at radius 1 is 1.07 bits per heavy atom. The summed E-state index contributed by atoms with van der Waals surface area (Å²) in [6.07, 6.45) is 0.857. The first-order valence-corrected chi connectivity index (χ1v) is 11.0. The number of benzene rings is 1. The van der Waals surface area contributed by atoms with Crippen molar-refractivity contribution in [2.24, 2.45) is 5.92 Å². The van der Waals surface area contributed by atoms with Gasteiger partial charge in [0, 0.05) is 47.2 Å². The van der Waals surface area contributed by atoms with Gasteiger partial charge >= 0.3 is 5.97 Å². The Morgan fingerprint density at radius 3 is 2.70 bits per heavy atom. The number of carboxylic acid groups (broad SMARTS) is 1. The summed E-state index contributed by atoms with van der Waals surface area (Å²) in [6.45, 7) is 1.75. The van der Waals surface area contributed by atoms with E-state index in [2.05, 4.69) is 18.2 Å². The van der Waals surface area contributed by atoms with Crippen LogP contribution in [0.5, 0.6) is 0 Å². The third kappa shape index (κ3) is 3.33. The molecule has 2 atom stereocenters. The number of carboxylic acids is 1. The molecule has 0 unspecified atom stereocenters.